The summed E-state index contributed by atoms with van der Waals surface area (Å²) in [7, 11) is 1.42. The molecule has 0 aliphatic carbocycles. The molecule has 0 bridgehead atoms. The molecule has 5 nitrogen and oxygen atoms in total. The topological polar surface area (TPSA) is 62.8 Å². The Labute approximate surface area is 131 Å². The van der Waals surface area contributed by atoms with Crippen LogP contribution in [0.15, 0.2) is 53.7 Å². The van der Waals surface area contributed by atoms with Gasteiger partial charge in [-0.2, -0.15) is 0 Å². The Hall–Kier alpha value is -2.02. The predicted molar refractivity (Wildman–Crippen MR) is 79.4 cm³/mol. The second kappa shape index (κ2) is 6.00. The van der Waals surface area contributed by atoms with Crippen LogP contribution in [0.1, 0.15) is 0 Å². The number of dihydropyridines is 1. The summed E-state index contributed by atoms with van der Waals surface area (Å²) in [6.45, 7) is 0. The van der Waals surface area contributed by atoms with E-state index in [9.17, 15) is 9.50 Å². The molecule has 116 valence electrons. The molecule has 0 aromatic heterocycles. The summed E-state index contributed by atoms with van der Waals surface area (Å²) < 4.78 is 24.0. The van der Waals surface area contributed by atoms with E-state index in [2.05, 4.69) is 10.6 Å². The number of hydrogen-bond acceptors (Lipinski definition) is 5. The van der Waals surface area contributed by atoms with Crippen molar-refractivity contribution >= 4 is 11.6 Å². The Morgan fingerprint density at radius 3 is 2.95 bits per heavy atom. The summed E-state index contributed by atoms with van der Waals surface area (Å²) in [6.07, 6.45) is 4.18. The third kappa shape index (κ3) is 2.81. The first-order chi connectivity index (χ1) is 10.6. The van der Waals surface area contributed by atoms with Gasteiger partial charge >= 0.3 is 0 Å². The van der Waals surface area contributed by atoms with E-state index in [0.717, 1.165) is 5.70 Å². The van der Waals surface area contributed by atoms with Gasteiger partial charge in [-0.1, -0.05) is 11.6 Å². The Kier molecular flexibility index (Phi) is 4.06. The largest absolute Gasteiger partial charge is 0.441 e. The zero-order valence-corrected chi connectivity index (χ0v) is 12.4. The van der Waals surface area contributed by atoms with E-state index < -0.39 is 12.1 Å². The number of aliphatic hydroxyl groups is 1. The van der Waals surface area contributed by atoms with Gasteiger partial charge in [0, 0.05) is 24.8 Å². The quantitative estimate of drug-likeness (QED) is 0.740. The molecule has 0 amide bonds. The Morgan fingerprint density at radius 1 is 1.41 bits per heavy atom. The number of aliphatic hydroxyl groups excluding tert-OH is 1. The number of benzene rings is 1. The van der Waals surface area contributed by atoms with Crippen LogP contribution >= 0.6 is 11.6 Å². The lowest BCUT2D eigenvalue weighted by molar-refractivity contribution is -0.0433. The molecule has 2 atom stereocenters. The van der Waals surface area contributed by atoms with E-state index in [1.807, 2.05) is 0 Å². The molecule has 2 unspecified atom stereocenters. The lowest BCUT2D eigenvalue weighted by Gasteiger charge is -2.22. The standard InChI is InChI=1S/C15H14ClFN2O3/c1-21-15(20)9-4-5-18-12-7-13(19-14(9)12)22-8-2-3-10(16)11(17)6-8/h2-7,12,15,18-20H,1H3. The van der Waals surface area contributed by atoms with Gasteiger partial charge in [0.2, 0.25) is 0 Å². The molecule has 0 spiro atoms. The maximum Gasteiger partial charge on any atom is 0.196 e. The van der Waals surface area contributed by atoms with Crippen LogP contribution in [0.25, 0.3) is 0 Å². The van der Waals surface area contributed by atoms with Gasteiger partial charge in [0.25, 0.3) is 0 Å². The summed E-state index contributed by atoms with van der Waals surface area (Å²) >= 11 is 5.64. The monoisotopic (exact) mass is 324 g/mol. The highest BCUT2D eigenvalue weighted by atomic mass is 35.5. The average Bonchev–Trinajstić information content (AvgIpc) is 2.92. The Bertz CT molecular complexity index is 687. The molecule has 2 aliphatic heterocycles. The van der Waals surface area contributed by atoms with E-state index >= 15 is 0 Å². The van der Waals surface area contributed by atoms with E-state index in [1.54, 1.807) is 24.4 Å². The molecular weight excluding hydrogens is 311 g/mol. The molecule has 3 N–H and O–H groups in total. The lowest BCUT2D eigenvalue weighted by atomic mass is 10.1. The van der Waals surface area contributed by atoms with Gasteiger partial charge in [-0.25, -0.2) is 4.39 Å². The molecule has 0 radical (unpaired) electrons. The van der Waals surface area contributed by atoms with Crippen LogP contribution < -0.4 is 15.4 Å². The third-order valence-corrected chi connectivity index (χ3v) is 3.65. The molecule has 3 rings (SSSR count). The van der Waals surface area contributed by atoms with Crippen LogP contribution in [0.4, 0.5) is 4.39 Å². The molecule has 1 aromatic carbocycles. The van der Waals surface area contributed by atoms with Gasteiger partial charge < -0.3 is 25.2 Å². The smallest absolute Gasteiger partial charge is 0.196 e. The number of fused-ring (bicyclic) bond motifs is 1. The molecule has 0 saturated carbocycles. The minimum atomic E-state index is -1.04. The van der Waals surface area contributed by atoms with Crippen molar-refractivity contribution in [2.24, 2.45) is 0 Å². The third-order valence-electron chi connectivity index (χ3n) is 3.34. The van der Waals surface area contributed by atoms with Gasteiger partial charge in [-0.15, -0.1) is 0 Å². The zero-order valence-electron chi connectivity index (χ0n) is 11.6. The van der Waals surface area contributed by atoms with Crippen molar-refractivity contribution in [2.45, 2.75) is 12.3 Å². The highest BCUT2D eigenvalue weighted by Crippen LogP contribution is 2.27. The summed E-state index contributed by atoms with van der Waals surface area (Å²) in [4.78, 5) is 0. The van der Waals surface area contributed by atoms with Crippen LogP contribution in [0.2, 0.25) is 5.02 Å². The molecule has 2 heterocycles. The molecule has 22 heavy (non-hydrogen) atoms. The highest BCUT2D eigenvalue weighted by molar-refractivity contribution is 6.30. The average molecular weight is 325 g/mol. The van der Waals surface area contributed by atoms with Crippen molar-refractivity contribution in [1.82, 2.24) is 10.6 Å². The van der Waals surface area contributed by atoms with E-state index in [-0.39, 0.29) is 11.1 Å². The van der Waals surface area contributed by atoms with Crippen LogP contribution in [0, 0.1) is 5.82 Å². The number of methoxy groups -OCH3 is 1. The fraction of sp³-hybridized carbons (Fsp3) is 0.200. The van der Waals surface area contributed by atoms with E-state index in [1.165, 1.54) is 19.2 Å². The second-order valence-corrected chi connectivity index (χ2v) is 5.18. The van der Waals surface area contributed by atoms with Gasteiger partial charge in [0.15, 0.2) is 12.2 Å². The fourth-order valence-electron chi connectivity index (χ4n) is 2.27. The minimum absolute atomic E-state index is 0.0356. The maximum atomic E-state index is 13.4. The van der Waals surface area contributed by atoms with E-state index in [0.29, 0.717) is 17.2 Å². The summed E-state index contributed by atoms with van der Waals surface area (Å²) in [5.41, 5.74) is 1.32. The van der Waals surface area contributed by atoms with Crippen LogP contribution in [-0.2, 0) is 4.74 Å². The zero-order chi connectivity index (χ0) is 15.7. The van der Waals surface area contributed by atoms with Gasteiger partial charge in [-0.3, -0.25) is 0 Å². The second-order valence-electron chi connectivity index (χ2n) is 4.77. The van der Waals surface area contributed by atoms with Crippen molar-refractivity contribution in [3.63, 3.8) is 0 Å². The molecule has 2 aliphatic rings. The molecule has 7 heteroatoms. The normalized spacial score (nSPS) is 20.9. The maximum absolute atomic E-state index is 13.4. The lowest BCUT2D eigenvalue weighted by Crippen LogP contribution is -2.33. The first kappa shape index (κ1) is 14.9. The number of nitrogens with one attached hydrogen (secondary N) is 2. The summed E-state index contributed by atoms with van der Waals surface area (Å²) in [6, 6.07) is 4.03. The number of rotatable bonds is 4. The van der Waals surface area contributed by atoms with Crippen LogP contribution in [0.5, 0.6) is 5.75 Å². The number of ether oxygens (including phenoxy) is 2. The Balaban J connectivity index is 1.79. The van der Waals surface area contributed by atoms with Crippen LogP contribution in [0.3, 0.4) is 0 Å². The molecule has 0 saturated heterocycles. The summed E-state index contributed by atoms with van der Waals surface area (Å²) in [5.74, 6) is 0.199. The Morgan fingerprint density at radius 2 is 2.23 bits per heavy atom. The molecular formula is C15H14ClFN2O3. The molecule has 1 aromatic rings. The van der Waals surface area contributed by atoms with Gasteiger partial charge in [0.05, 0.1) is 16.8 Å². The predicted octanol–water partition coefficient (Wildman–Crippen LogP) is 2.01. The number of hydrogen-bond donors (Lipinski definition) is 3. The van der Waals surface area contributed by atoms with Gasteiger partial charge in [-0.05, 0) is 24.4 Å². The first-order valence-electron chi connectivity index (χ1n) is 6.58. The SMILES string of the molecule is COC(O)C1=C2NC(Oc3ccc(Cl)c(F)c3)=CC2NC=C1. The molecule has 0 fully saturated rings. The van der Waals surface area contributed by atoms with Crippen molar-refractivity contribution in [3.8, 4) is 5.75 Å². The van der Waals surface area contributed by atoms with Crippen molar-refractivity contribution in [3.05, 3.63) is 64.5 Å². The van der Waals surface area contributed by atoms with E-state index in [4.69, 9.17) is 21.1 Å². The van der Waals surface area contributed by atoms with Crippen molar-refractivity contribution in [1.29, 1.82) is 0 Å². The van der Waals surface area contributed by atoms with Crippen molar-refractivity contribution < 1.29 is 19.0 Å². The minimum Gasteiger partial charge on any atom is -0.441 e. The fourth-order valence-corrected chi connectivity index (χ4v) is 2.39. The van der Waals surface area contributed by atoms with Crippen LogP contribution in [-0.4, -0.2) is 24.5 Å². The number of halogens is 2. The van der Waals surface area contributed by atoms with Crippen molar-refractivity contribution in [2.75, 3.05) is 7.11 Å². The van der Waals surface area contributed by atoms with Gasteiger partial charge in [0.1, 0.15) is 11.6 Å². The summed E-state index contributed by atoms with van der Waals surface area (Å²) in [5, 5.41) is 16.0. The highest BCUT2D eigenvalue weighted by Gasteiger charge is 2.29. The first-order valence-corrected chi connectivity index (χ1v) is 6.95.